The lowest BCUT2D eigenvalue weighted by Gasteiger charge is -2.18. The van der Waals surface area contributed by atoms with E-state index >= 15 is 0 Å². The van der Waals surface area contributed by atoms with Crippen LogP contribution in [-0.4, -0.2) is 23.8 Å². The Balaban J connectivity index is 2.22. The molecular formula is C19H18F3N3O3. The number of primary amides is 1. The average Bonchev–Trinajstić information content (AvgIpc) is 2.60. The van der Waals surface area contributed by atoms with Gasteiger partial charge in [-0.15, -0.1) is 0 Å². The van der Waals surface area contributed by atoms with Gasteiger partial charge in [0, 0.05) is 13.3 Å². The number of benzene rings is 2. The topological polar surface area (TPSA) is 101 Å². The van der Waals surface area contributed by atoms with Crippen molar-refractivity contribution in [2.45, 2.75) is 25.6 Å². The molecule has 0 spiro atoms. The Hall–Kier alpha value is -3.36. The molecule has 2 aromatic carbocycles. The highest BCUT2D eigenvalue weighted by atomic mass is 19.4. The van der Waals surface area contributed by atoms with Crippen LogP contribution in [0.5, 0.6) is 0 Å². The molecule has 9 heteroatoms. The molecule has 148 valence electrons. The zero-order chi connectivity index (χ0) is 20.9. The minimum absolute atomic E-state index is 0.0907. The highest BCUT2D eigenvalue weighted by Crippen LogP contribution is 2.29. The SMILES string of the molecule is CC(=O)Nc1ccccc1C(=O)N[C@H](Cc1cccc(C(F)(F)F)c1)C(N)=O. The Kier molecular flexibility index (Phi) is 6.40. The first-order chi connectivity index (χ1) is 13.1. The number of halogens is 3. The molecule has 0 saturated heterocycles. The number of alkyl halides is 3. The lowest BCUT2D eigenvalue weighted by atomic mass is 10.0. The first-order valence-corrected chi connectivity index (χ1v) is 8.21. The van der Waals surface area contributed by atoms with E-state index in [1.165, 1.54) is 31.2 Å². The lowest BCUT2D eigenvalue weighted by molar-refractivity contribution is -0.137. The highest BCUT2D eigenvalue weighted by Gasteiger charge is 2.31. The van der Waals surface area contributed by atoms with Crippen LogP contribution >= 0.6 is 0 Å². The summed E-state index contributed by atoms with van der Waals surface area (Å²) < 4.78 is 38.5. The molecule has 0 unspecified atom stereocenters. The van der Waals surface area contributed by atoms with Crippen LogP contribution in [0.2, 0.25) is 0 Å². The highest BCUT2D eigenvalue weighted by molar-refractivity contribution is 6.04. The van der Waals surface area contributed by atoms with Gasteiger partial charge in [-0.05, 0) is 23.8 Å². The van der Waals surface area contributed by atoms with E-state index in [-0.39, 0.29) is 23.2 Å². The molecule has 0 aliphatic carbocycles. The monoisotopic (exact) mass is 393 g/mol. The molecule has 0 aromatic heterocycles. The standard InChI is InChI=1S/C19H18F3N3O3/c1-11(26)24-15-8-3-2-7-14(15)18(28)25-16(17(23)27)10-12-5-4-6-13(9-12)19(20,21)22/h2-9,16H,10H2,1H3,(H2,23,27)(H,24,26)(H,25,28)/t16-/m1/s1. The van der Waals surface area contributed by atoms with Crippen LogP contribution in [0.25, 0.3) is 0 Å². The van der Waals surface area contributed by atoms with E-state index in [2.05, 4.69) is 10.6 Å². The largest absolute Gasteiger partial charge is 0.416 e. The molecule has 0 heterocycles. The molecule has 0 aliphatic heterocycles. The van der Waals surface area contributed by atoms with E-state index < -0.39 is 35.5 Å². The maximum Gasteiger partial charge on any atom is 0.416 e. The number of rotatable bonds is 6. The quantitative estimate of drug-likeness (QED) is 0.703. The van der Waals surface area contributed by atoms with E-state index in [0.29, 0.717) is 0 Å². The van der Waals surface area contributed by atoms with Gasteiger partial charge < -0.3 is 16.4 Å². The van der Waals surface area contributed by atoms with Crippen molar-refractivity contribution in [3.05, 3.63) is 65.2 Å². The van der Waals surface area contributed by atoms with Crippen molar-refractivity contribution < 1.29 is 27.6 Å². The lowest BCUT2D eigenvalue weighted by Crippen LogP contribution is -2.46. The Bertz CT molecular complexity index is 897. The van der Waals surface area contributed by atoms with Crippen molar-refractivity contribution >= 4 is 23.4 Å². The molecule has 0 aliphatic rings. The number of nitrogens with two attached hydrogens (primary N) is 1. The summed E-state index contributed by atoms with van der Waals surface area (Å²) in [6, 6.07) is 9.29. The smallest absolute Gasteiger partial charge is 0.368 e. The fourth-order valence-electron chi connectivity index (χ4n) is 2.55. The summed E-state index contributed by atoms with van der Waals surface area (Å²) in [7, 11) is 0. The molecule has 2 rings (SSSR count). The zero-order valence-corrected chi connectivity index (χ0v) is 14.8. The molecule has 6 nitrogen and oxygen atoms in total. The van der Waals surface area contributed by atoms with Gasteiger partial charge in [0.15, 0.2) is 0 Å². The minimum atomic E-state index is -4.53. The van der Waals surface area contributed by atoms with Gasteiger partial charge in [0.2, 0.25) is 11.8 Å². The van der Waals surface area contributed by atoms with Crippen LogP contribution in [0.15, 0.2) is 48.5 Å². The minimum Gasteiger partial charge on any atom is -0.368 e. The molecule has 28 heavy (non-hydrogen) atoms. The molecule has 0 bridgehead atoms. The van der Waals surface area contributed by atoms with Gasteiger partial charge in [0.25, 0.3) is 5.91 Å². The molecule has 0 fully saturated rings. The zero-order valence-electron chi connectivity index (χ0n) is 14.8. The molecular weight excluding hydrogens is 375 g/mol. The van der Waals surface area contributed by atoms with E-state index in [4.69, 9.17) is 5.73 Å². The number of para-hydroxylation sites is 1. The number of anilines is 1. The van der Waals surface area contributed by atoms with Crippen molar-refractivity contribution in [2.24, 2.45) is 5.73 Å². The van der Waals surface area contributed by atoms with Crippen LogP contribution < -0.4 is 16.4 Å². The van der Waals surface area contributed by atoms with Gasteiger partial charge in [-0.2, -0.15) is 13.2 Å². The van der Waals surface area contributed by atoms with E-state index in [0.717, 1.165) is 12.1 Å². The Morgan fingerprint density at radius 3 is 2.36 bits per heavy atom. The number of hydrogen-bond acceptors (Lipinski definition) is 3. The number of nitrogens with one attached hydrogen (secondary N) is 2. The second-order valence-electron chi connectivity index (χ2n) is 6.06. The van der Waals surface area contributed by atoms with Crippen molar-refractivity contribution in [3.8, 4) is 0 Å². The van der Waals surface area contributed by atoms with Gasteiger partial charge in [-0.1, -0.05) is 30.3 Å². The second kappa shape index (κ2) is 8.55. The van der Waals surface area contributed by atoms with Gasteiger partial charge in [-0.25, -0.2) is 0 Å². The van der Waals surface area contributed by atoms with Crippen molar-refractivity contribution in [1.82, 2.24) is 5.32 Å². The Morgan fingerprint density at radius 2 is 1.75 bits per heavy atom. The van der Waals surface area contributed by atoms with Crippen LogP contribution in [0.1, 0.15) is 28.4 Å². The summed E-state index contributed by atoms with van der Waals surface area (Å²) in [6.45, 7) is 1.27. The Morgan fingerprint density at radius 1 is 1.07 bits per heavy atom. The molecule has 0 saturated carbocycles. The van der Waals surface area contributed by atoms with E-state index in [1.54, 1.807) is 12.1 Å². The van der Waals surface area contributed by atoms with Gasteiger partial charge in [0.05, 0.1) is 16.8 Å². The number of carbonyl (C=O) groups is 3. The molecule has 3 amide bonds. The van der Waals surface area contributed by atoms with Crippen LogP contribution in [0, 0.1) is 0 Å². The van der Waals surface area contributed by atoms with Crippen LogP contribution in [0.3, 0.4) is 0 Å². The number of carbonyl (C=O) groups excluding carboxylic acids is 3. The number of hydrogen-bond donors (Lipinski definition) is 3. The summed E-state index contributed by atoms with van der Waals surface area (Å²) in [5.41, 5.74) is 4.95. The average molecular weight is 393 g/mol. The third kappa shape index (κ3) is 5.57. The third-order valence-corrected chi connectivity index (χ3v) is 3.83. The van der Waals surface area contributed by atoms with Gasteiger partial charge >= 0.3 is 6.18 Å². The van der Waals surface area contributed by atoms with Gasteiger partial charge in [0.1, 0.15) is 6.04 Å². The fraction of sp³-hybridized carbons (Fsp3) is 0.211. The second-order valence-corrected chi connectivity index (χ2v) is 6.06. The summed E-state index contributed by atoms with van der Waals surface area (Å²) in [5, 5.41) is 4.90. The van der Waals surface area contributed by atoms with Gasteiger partial charge in [-0.3, -0.25) is 14.4 Å². The summed E-state index contributed by atoms with van der Waals surface area (Å²) in [6.07, 6.45) is -4.74. The summed E-state index contributed by atoms with van der Waals surface area (Å²) in [5.74, 6) is -1.99. The third-order valence-electron chi connectivity index (χ3n) is 3.83. The molecule has 4 N–H and O–H groups in total. The molecule has 2 aromatic rings. The predicted octanol–water partition coefficient (Wildman–Crippen LogP) is 2.49. The first-order valence-electron chi connectivity index (χ1n) is 8.21. The number of amides is 3. The fourth-order valence-corrected chi connectivity index (χ4v) is 2.55. The normalized spacial score (nSPS) is 12.1. The van der Waals surface area contributed by atoms with E-state index in [1.807, 2.05) is 0 Å². The Labute approximate surface area is 158 Å². The van der Waals surface area contributed by atoms with Crippen LogP contribution in [0.4, 0.5) is 18.9 Å². The summed E-state index contributed by atoms with van der Waals surface area (Å²) >= 11 is 0. The maximum atomic E-state index is 12.8. The molecule has 1 atom stereocenters. The van der Waals surface area contributed by atoms with Crippen molar-refractivity contribution in [3.63, 3.8) is 0 Å². The van der Waals surface area contributed by atoms with Crippen molar-refractivity contribution in [1.29, 1.82) is 0 Å². The maximum absolute atomic E-state index is 12.8. The van der Waals surface area contributed by atoms with Crippen molar-refractivity contribution in [2.75, 3.05) is 5.32 Å². The summed E-state index contributed by atoms with van der Waals surface area (Å²) in [4.78, 5) is 35.5. The first kappa shape index (κ1) is 20.9. The van der Waals surface area contributed by atoms with Crippen LogP contribution in [-0.2, 0) is 22.2 Å². The van der Waals surface area contributed by atoms with E-state index in [9.17, 15) is 27.6 Å². The molecule has 0 radical (unpaired) electrons. The predicted molar refractivity (Wildman–Crippen MR) is 96.3 cm³/mol.